The van der Waals surface area contributed by atoms with E-state index in [9.17, 15) is 13.2 Å². The number of carbonyl (C=O) groups is 1. The second-order valence-corrected chi connectivity index (χ2v) is 9.43. The van der Waals surface area contributed by atoms with E-state index < -0.39 is 10.0 Å². The molecule has 1 aromatic carbocycles. The number of aryl methyl sites for hydroxylation is 1. The van der Waals surface area contributed by atoms with Crippen LogP contribution in [0, 0.1) is 18.8 Å². The number of piperidine rings is 1. The topological polar surface area (TPSA) is 66.5 Å². The maximum atomic E-state index is 12.6. The third-order valence-electron chi connectivity index (χ3n) is 5.06. The van der Waals surface area contributed by atoms with Crippen molar-refractivity contribution in [3.8, 4) is 0 Å². The summed E-state index contributed by atoms with van der Waals surface area (Å²) in [5.41, 5.74) is 1.92. The van der Waals surface area contributed by atoms with E-state index >= 15 is 0 Å². The van der Waals surface area contributed by atoms with E-state index in [-0.39, 0.29) is 23.6 Å². The Balaban J connectivity index is 1.90. The molecule has 0 unspecified atom stereocenters. The van der Waals surface area contributed by atoms with Crippen molar-refractivity contribution >= 4 is 15.9 Å². The molecule has 6 heteroatoms. The summed E-state index contributed by atoms with van der Waals surface area (Å²) >= 11 is 0. The van der Waals surface area contributed by atoms with Crippen LogP contribution in [0.25, 0.3) is 0 Å². The Labute approximate surface area is 151 Å². The molecule has 0 radical (unpaired) electrons. The second-order valence-electron chi connectivity index (χ2n) is 7.46. The van der Waals surface area contributed by atoms with Crippen LogP contribution in [0.2, 0.25) is 0 Å². The molecule has 1 heterocycles. The standard InChI is InChI=1S/C19H30N2O3S/c1-14(2)16(4)20-19(22)18-9-11-21(12-10-18)25(23,24)13-17-7-5-15(3)6-8-17/h5-8,14,16,18H,9-13H2,1-4H3,(H,20,22)/t16-/m0/s1. The van der Waals surface area contributed by atoms with Gasteiger partial charge in [0.1, 0.15) is 0 Å². The summed E-state index contributed by atoms with van der Waals surface area (Å²) in [6.45, 7) is 8.97. The molecule has 1 N–H and O–H groups in total. The normalized spacial score (nSPS) is 18.3. The van der Waals surface area contributed by atoms with E-state index in [0.717, 1.165) is 11.1 Å². The molecule has 0 bridgehead atoms. The van der Waals surface area contributed by atoms with Gasteiger partial charge >= 0.3 is 0 Å². The van der Waals surface area contributed by atoms with Crippen LogP contribution in [0.4, 0.5) is 0 Å². The summed E-state index contributed by atoms with van der Waals surface area (Å²) in [6.07, 6.45) is 1.17. The van der Waals surface area contributed by atoms with E-state index in [1.807, 2.05) is 38.1 Å². The first kappa shape index (κ1) is 19.9. The molecule has 1 saturated heterocycles. The molecule has 1 aliphatic rings. The van der Waals surface area contributed by atoms with Crippen molar-refractivity contribution in [3.05, 3.63) is 35.4 Å². The molecule has 0 spiro atoms. The van der Waals surface area contributed by atoms with Crippen molar-refractivity contribution in [2.45, 2.75) is 52.3 Å². The van der Waals surface area contributed by atoms with Gasteiger partial charge in [0.05, 0.1) is 5.75 Å². The zero-order valence-corrected chi connectivity index (χ0v) is 16.5. The van der Waals surface area contributed by atoms with Crippen LogP contribution >= 0.6 is 0 Å². The van der Waals surface area contributed by atoms with Crippen molar-refractivity contribution in [1.82, 2.24) is 9.62 Å². The van der Waals surface area contributed by atoms with Gasteiger partial charge in [-0.25, -0.2) is 12.7 Å². The average molecular weight is 367 g/mol. The Kier molecular flexibility index (Phi) is 6.63. The minimum Gasteiger partial charge on any atom is -0.353 e. The van der Waals surface area contributed by atoms with Gasteiger partial charge in [0, 0.05) is 25.0 Å². The lowest BCUT2D eigenvalue weighted by Gasteiger charge is -2.31. The fourth-order valence-electron chi connectivity index (χ4n) is 2.89. The van der Waals surface area contributed by atoms with Gasteiger partial charge < -0.3 is 5.32 Å². The van der Waals surface area contributed by atoms with Crippen LogP contribution in [0.5, 0.6) is 0 Å². The lowest BCUT2D eigenvalue weighted by molar-refractivity contribution is -0.127. The van der Waals surface area contributed by atoms with Crippen molar-refractivity contribution in [1.29, 1.82) is 0 Å². The van der Waals surface area contributed by atoms with Crippen molar-refractivity contribution in [2.24, 2.45) is 11.8 Å². The number of sulfonamides is 1. The minimum absolute atomic E-state index is 0.0223. The predicted octanol–water partition coefficient (Wildman–Crippen LogP) is 2.70. The van der Waals surface area contributed by atoms with Gasteiger partial charge in [-0.3, -0.25) is 4.79 Å². The molecule has 1 atom stereocenters. The summed E-state index contributed by atoms with van der Waals surface area (Å²) in [5.74, 6) is 0.372. The highest BCUT2D eigenvalue weighted by Crippen LogP contribution is 2.22. The summed E-state index contributed by atoms with van der Waals surface area (Å²) < 4.78 is 26.7. The van der Waals surface area contributed by atoms with Crippen LogP contribution in [-0.2, 0) is 20.6 Å². The number of carbonyl (C=O) groups excluding carboxylic acids is 1. The maximum absolute atomic E-state index is 12.6. The minimum atomic E-state index is -3.33. The molecule has 0 aromatic heterocycles. The lowest BCUT2D eigenvalue weighted by Crippen LogP contribution is -2.46. The third kappa shape index (κ3) is 5.54. The summed E-state index contributed by atoms with van der Waals surface area (Å²) in [4.78, 5) is 12.3. The smallest absolute Gasteiger partial charge is 0.223 e. The Morgan fingerprint density at radius 3 is 2.24 bits per heavy atom. The SMILES string of the molecule is Cc1ccc(CS(=O)(=O)N2CCC(C(=O)N[C@@H](C)C(C)C)CC2)cc1. The number of hydrogen-bond acceptors (Lipinski definition) is 3. The number of nitrogens with one attached hydrogen (secondary N) is 1. The zero-order chi connectivity index (χ0) is 18.6. The molecule has 1 amide bonds. The molecule has 1 fully saturated rings. The quantitative estimate of drug-likeness (QED) is 0.842. The highest BCUT2D eigenvalue weighted by atomic mass is 32.2. The zero-order valence-electron chi connectivity index (χ0n) is 15.7. The van der Waals surface area contributed by atoms with Crippen LogP contribution in [0.3, 0.4) is 0 Å². The van der Waals surface area contributed by atoms with Gasteiger partial charge in [0.2, 0.25) is 15.9 Å². The van der Waals surface area contributed by atoms with Crippen LogP contribution in [-0.4, -0.2) is 37.8 Å². The summed E-state index contributed by atoms with van der Waals surface area (Å²) in [5, 5.41) is 3.04. The summed E-state index contributed by atoms with van der Waals surface area (Å²) in [7, 11) is -3.33. The lowest BCUT2D eigenvalue weighted by atomic mass is 9.96. The van der Waals surface area contributed by atoms with Crippen LogP contribution in [0.1, 0.15) is 44.7 Å². The van der Waals surface area contributed by atoms with Crippen molar-refractivity contribution in [2.75, 3.05) is 13.1 Å². The number of rotatable bonds is 6. The largest absolute Gasteiger partial charge is 0.353 e. The first-order valence-corrected chi connectivity index (χ1v) is 10.6. The molecule has 5 nitrogen and oxygen atoms in total. The first-order chi connectivity index (χ1) is 11.7. The van der Waals surface area contributed by atoms with Gasteiger partial charge in [-0.05, 0) is 38.2 Å². The molecule has 2 rings (SSSR count). The highest BCUT2D eigenvalue weighted by molar-refractivity contribution is 7.88. The molecule has 140 valence electrons. The van der Waals surface area contributed by atoms with Crippen LogP contribution in [0.15, 0.2) is 24.3 Å². The summed E-state index contributed by atoms with van der Waals surface area (Å²) in [6, 6.07) is 7.71. The molecular weight excluding hydrogens is 336 g/mol. The second kappa shape index (κ2) is 8.32. The average Bonchev–Trinajstić information content (AvgIpc) is 2.56. The number of nitrogens with zero attached hydrogens (tertiary/aromatic N) is 1. The predicted molar refractivity (Wildman–Crippen MR) is 101 cm³/mol. The van der Waals surface area contributed by atoms with E-state index in [2.05, 4.69) is 19.2 Å². The van der Waals surface area contributed by atoms with Crippen LogP contribution < -0.4 is 5.32 Å². The van der Waals surface area contributed by atoms with Gasteiger partial charge in [-0.1, -0.05) is 43.7 Å². The number of benzene rings is 1. The van der Waals surface area contributed by atoms with E-state index in [0.29, 0.717) is 31.8 Å². The van der Waals surface area contributed by atoms with Gasteiger partial charge in [-0.2, -0.15) is 0 Å². The molecule has 1 aromatic rings. The molecule has 25 heavy (non-hydrogen) atoms. The van der Waals surface area contributed by atoms with Crippen molar-refractivity contribution in [3.63, 3.8) is 0 Å². The maximum Gasteiger partial charge on any atom is 0.223 e. The number of amides is 1. The molecule has 0 aliphatic carbocycles. The third-order valence-corrected chi connectivity index (χ3v) is 6.91. The Morgan fingerprint density at radius 1 is 1.16 bits per heavy atom. The Hall–Kier alpha value is -1.40. The number of hydrogen-bond donors (Lipinski definition) is 1. The molecular formula is C19H30N2O3S. The van der Waals surface area contributed by atoms with E-state index in [1.54, 1.807) is 0 Å². The molecule has 1 aliphatic heterocycles. The monoisotopic (exact) mass is 366 g/mol. The Morgan fingerprint density at radius 2 is 1.72 bits per heavy atom. The van der Waals surface area contributed by atoms with E-state index in [1.165, 1.54) is 4.31 Å². The van der Waals surface area contributed by atoms with Gasteiger partial charge in [0.15, 0.2) is 0 Å². The van der Waals surface area contributed by atoms with Gasteiger partial charge in [-0.15, -0.1) is 0 Å². The first-order valence-electron chi connectivity index (χ1n) is 9.03. The molecule has 0 saturated carbocycles. The highest BCUT2D eigenvalue weighted by Gasteiger charge is 2.31. The fraction of sp³-hybridized carbons (Fsp3) is 0.632. The fourth-order valence-corrected chi connectivity index (χ4v) is 4.45. The van der Waals surface area contributed by atoms with Crippen molar-refractivity contribution < 1.29 is 13.2 Å². The van der Waals surface area contributed by atoms with Gasteiger partial charge in [0.25, 0.3) is 0 Å². The van der Waals surface area contributed by atoms with E-state index in [4.69, 9.17) is 0 Å². The Bertz CT molecular complexity index is 675.